The molecule has 1 aliphatic rings. The Labute approximate surface area is 384 Å². The fourth-order valence-electron chi connectivity index (χ4n) is 9.13. The number of ether oxygens (including phenoxy) is 3. The van der Waals surface area contributed by atoms with Crippen LogP contribution in [0.4, 0.5) is 0 Å². The maximum atomic E-state index is 13.0. The minimum atomic E-state index is -0.0173. The van der Waals surface area contributed by atoms with Crippen molar-refractivity contribution in [2.24, 2.45) is 11.8 Å². The van der Waals surface area contributed by atoms with Crippen LogP contribution in [0.3, 0.4) is 0 Å². The van der Waals surface area contributed by atoms with Crippen molar-refractivity contribution in [2.45, 2.75) is 265 Å². The Balaban J connectivity index is 2.30. The van der Waals surface area contributed by atoms with Gasteiger partial charge in [-0.3, -0.25) is 14.4 Å². The average molecular weight is 877 g/mol. The molecule has 0 aromatic rings. The Kier molecular flexibility index (Phi) is 40.7. The first-order valence-corrected chi connectivity index (χ1v) is 27.2. The summed E-state index contributed by atoms with van der Waals surface area (Å²) >= 11 is 0. The van der Waals surface area contributed by atoms with Crippen LogP contribution in [0, 0.1) is 11.8 Å². The van der Waals surface area contributed by atoms with Crippen molar-refractivity contribution in [1.82, 2.24) is 9.80 Å². The normalized spacial score (nSPS) is 14.2. The van der Waals surface area contributed by atoms with Crippen LogP contribution in [0.15, 0.2) is 0 Å². The summed E-state index contributed by atoms with van der Waals surface area (Å²) in [6, 6.07) is 0. The van der Waals surface area contributed by atoms with Crippen LogP contribution in [-0.2, 0) is 28.6 Å². The lowest BCUT2D eigenvalue weighted by Gasteiger charge is -2.32. The molecule has 8 heteroatoms. The highest BCUT2D eigenvalue weighted by molar-refractivity contribution is 5.70. The van der Waals surface area contributed by atoms with Gasteiger partial charge < -0.3 is 24.0 Å². The van der Waals surface area contributed by atoms with Gasteiger partial charge in [0.25, 0.3) is 0 Å². The van der Waals surface area contributed by atoms with Crippen molar-refractivity contribution >= 4 is 17.9 Å². The van der Waals surface area contributed by atoms with Crippen molar-refractivity contribution < 1.29 is 28.6 Å². The Morgan fingerprint density at radius 1 is 0.419 bits per heavy atom. The molecular weight excluding hydrogens is 773 g/mol. The summed E-state index contributed by atoms with van der Waals surface area (Å²) in [6.07, 6.45) is 40.0. The third-order valence-electron chi connectivity index (χ3n) is 13.4. The zero-order chi connectivity index (χ0) is 45.1. The van der Waals surface area contributed by atoms with Crippen LogP contribution >= 0.6 is 0 Å². The monoisotopic (exact) mass is 877 g/mol. The lowest BCUT2D eigenvalue weighted by Crippen LogP contribution is -2.44. The lowest BCUT2D eigenvalue weighted by atomic mass is 9.92. The molecule has 1 atom stereocenters. The van der Waals surface area contributed by atoms with Gasteiger partial charge in [-0.15, -0.1) is 0 Å². The molecule has 0 aromatic heterocycles. The number of piperazine rings is 1. The minimum Gasteiger partial charge on any atom is -0.466 e. The van der Waals surface area contributed by atoms with E-state index >= 15 is 0 Å². The second-order valence-corrected chi connectivity index (χ2v) is 19.5. The predicted octanol–water partition coefficient (Wildman–Crippen LogP) is 14.6. The fraction of sp³-hybridized carbons (Fsp3) is 0.944. The van der Waals surface area contributed by atoms with E-state index < -0.39 is 0 Å². The van der Waals surface area contributed by atoms with Gasteiger partial charge in [-0.05, 0) is 96.1 Å². The van der Waals surface area contributed by atoms with Crippen molar-refractivity contribution in [3.05, 3.63) is 0 Å². The highest BCUT2D eigenvalue weighted by atomic mass is 16.5. The summed E-state index contributed by atoms with van der Waals surface area (Å²) in [5.74, 6) is 0.980. The zero-order valence-electron chi connectivity index (χ0n) is 42.0. The zero-order valence-corrected chi connectivity index (χ0v) is 42.0. The topological polar surface area (TPSA) is 85.4 Å². The number of rotatable bonds is 45. The van der Waals surface area contributed by atoms with E-state index in [0.29, 0.717) is 44.3 Å². The van der Waals surface area contributed by atoms with E-state index in [0.717, 1.165) is 129 Å². The molecule has 0 amide bonds. The van der Waals surface area contributed by atoms with E-state index in [1.54, 1.807) is 0 Å². The largest absolute Gasteiger partial charge is 0.466 e. The molecule has 0 aliphatic carbocycles. The van der Waals surface area contributed by atoms with Gasteiger partial charge in [-0.25, -0.2) is 0 Å². The van der Waals surface area contributed by atoms with Gasteiger partial charge in [0.1, 0.15) is 6.10 Å². The van der Waals surface area contributed by atoms with Gasteiger partial charge in [-0.2, -0.15) is 0 Å². The average Bonchev–Trinajstić information content (AvgIpc) is 3.25. The molecule has 0 N–H and O–H groups in total. The number of hydrogen-bond acceptors (Lipinski definition) is 8. The summed E-state index contributed by atoms with van der Waals surface area (Å²) < 4.78 is 17.5. The molecular formula is C54H104N2O6. The van der Waals surface area contributed by atoms with Crippen LogP contribution in [0.25, 0.3) is 0 Å². The predicted molar refractivity (Wildman–Crippen MR) is 262 cm³/mol. The van der Waals surface area contributed by atoms with Gasteiger partial charge in [-0.1, -0.05) is 169 Å². The Hall–Kier alpha value is -1.67. The lowest BCUT2D eigenvalue weighted by molar-refractivity contribution is -0.150. The SMILES string of the molecule is CCCCCC(CCCCC)CC(=O)OCCCCCCCCCCC(CCCCCCCCOC(=O)CC(CCCCC)CCCCC)OC(=O)CCCN1CCN(C)CC1. The molecule has 1 saturated heterocycles. The van der Waals surface area contributed by atoms with Gasteiger partial charge in [0, 0.05) is 45.4 Å². The van der Waals surface area contributed by atoms with Gasteiger partial charge >= 0.3 is 17.9 Å². The van der Waals surface area contributed by atoms with Crippen LogP contribution < -0.4 is 0 Å². The quantitative estimate of drug-likeness (QED) is 0.0340. The van der Waals surface area contributed by atoms with Gasteiger partial charge in [0.05, 0.1) is 13.2 Å². The maximum absolute atomic E-state index is 13.0. The first kappa shape index (κ1) is 58.3. The molecule has 0 radical (unpaired) electrons. The molecule has 366 valence electrons. The standard InChI is InChI=1S/C54H104N2O6/c1-6-10-24-33-49(34-25-11-7-2)47-53(58)60-45-30-22-18-15-14-16-20-28-37-51(62-52(57)39-32-40-56-43-41-55(5)42-44-56)38-29-21-17-19-23-31-46-61-54(59)48-50(35-26-12-8-3)36-27-13-9-4/h49-51H,6-48H2,1-5H3. The highest BCUT2D eigenvalue weighted by Crippen LogP contribution is 2.24. The number of hydrogen-bond donors (Lipinski definition) is 0. The Morgan fingerprint density at radius 2 is 0.774 bits per heavy atom. The Morgan fingerprint density at radius 3 is 1.16 bits per heavy atom. The third-order valence-corrected chi connectivity index (χ3v) is 13.4. The summed E-state index contributed by atoms with van der Waals surface area (Å²) in [5, 5.41) is 0. The van der Waals surface area contributed by atoms with E-state index in [9.17, 15) is 14.4 Å². The minimum absolute atomic E-state index is 0.00328. The number of likely N-dealkylation sites (N-methyl/N-ethyl adjacent to an activating group) is 1. The second kappa shape index (κ2) is 43.2. The summed E-state index contributed by atoms with van der Waals surface area (Å²) in [7, 11) is 2.18. The van der Waals surface area contributed by atoms with Crippen LogP contribution in [0.1, 0.15) is 259 Å². The van der Waals surface area contributed by atoms with E-state index in [1.165, 1.54) is 116 Å². The van der Waals surface area contributed by atoms with Gasteiger partial charge in [0.2, 0.25) is 0 Å². The number of unbranched alkanes of at least 4 members (excludes halogenated alkanes) is 20. The molecule has 1 aliphatic heterocycles. The van der Waals surface area contributed by atoms with Crippen LogP contribution in [0.2, 0.25) is 0 Å². The molecule has 1 unspecified atom stereocenters. The van der Waals surface area contributed by atoms with Crippen molar-refractivity contribution in [1.29, 1.82) is 0 Å². The van der Waals surface area contributed by atoms with E-state index in [-0.39, 0.29) is 24.0 Å². The molecule has 8 nitrogen and oxygen atoms in total. The molecule has 1 fully saturated rings. The third kappa shape index (κ3) is 36.6. The molecule has 0 spiro atoms. The van der Waals surface area contributed by atoms with Crippen LogP contribution in [-0.4, -0.2) is 86.8 Å². The number of esters is 3. The first-order valence-electron chi connectivity index (χ1n) is 27.2. The number of nitrogens with zero attached hydrogens (tertiary/aromatic N) is 2. The highest BCUT2D eigenvalue weighted by Gasteiger charge is 2.18. The molecule has 1 rings (SSSR count). The molecule has 1 heterocycles. The summed E-state index contributed by atoms with van der Waals surface area (Å²) in [4.78, 5) is 42.9. The second-order valence-electron chi connectivity index (χ2n) is 19.5. The summed E-state index contributed by atoms with van der Waals surface area (Å²) in [5.41, 5.74) is 0. The van der Waals surface area contributed by atoms with E-state index in [1.807, 2.05) is 0 Å². The molecule has 62 heavy (non-hydrogen) atoms. The van der Waals surface area contributed by atoms with E-state index in [4.69, 9.17) is 14.2 Å². The molecule has 0 saturated carbocycles. The van der Waals surface area contributed by atoms with Crippen molar-refractivity contribution in [2.75, 3.05) is 53.0 Å². The number of carbonyl (C=O) groups excluding carboxylic acids is 3. The Bertz CT molecular complexity index is 997. The van der Waals surface area contributed by atoms with Crippen molar-refractivity contribution in [3.8, 4) is 0 Å². The molecule has 0 aromatic carbocycles. The van der Waals surface area contributed by atoms with Gasteiger partial charge in [0.15, 0.2) is 0 Å². The van der Waals surface area contributed by atoms with E-state index in [2.05, 4.69) is 44.5 Å². The smallest absolute Gasteiger partial charge is 0.306 e. The summed E-state index contributed by atoms with van der Waals surface area (Å²) in [6.45, 7) is 15.5. The fourth-order valence-corrected chi connectivity index (χ4v) is 9.13. The number of carbonyl (C=O) groups is 3. The first-order chi connectivity index (χ1) is 30.3. The van der Waals surface area contributed by atoms with Crippen LogP contribution in [0.5, 0.6) is 0 Å². The maximum Gasteiger partial charge on any atom is 0.306 e. The molecule has 0 bridgehead atoms. The van der Waals surface area contributed by atoms with Crippen molar-refractivity contribution in [3.63, 3.8) is 0 Å².